The van der Waals surface area contributed by atoms with E-state index in [0.29, 0.717) is 0 Å². The van der Waals surface area contributed by atoms with Crippen molar-refractivity contribution in [1.82, 2.24) is 10.6 Å². The molecule has 1 saturated heterocycles. The first-order valence-corrected chi connectivity index (χ1v) is 6.25. The summed E-state index contributed by atoms with van der Waals surface area (Å²) in [4.78, 5) is 12.0. The number of amides is 1. The molecule has 1 aliphatic heterocycles. The van der Waals surface area contributed by atoms with Crippen LogP contribution in [-0.2, 0) is 4.79 Å². The summed E-state index contributed by atoms with van der Waals surface area (Å²) in [5.41, 5.74) is 0.111. The zero-order valence-electron chi connectivity index (χ0n) is 11.3. The molecule has 0 aromatic carbocycles. The summed E-state index contributed by atoms with van der Waals surface area (Å²) >= 11 is 0. The highest BCUT2D eigenvalue weighted by molar-refractivity contribution is 5.82. The lowest BCUT2D eigenvalue weighted by Gasteiger charge is -2.34. The highest BCUT2D eigenvalue weighted by Crippen LogP contribution is 2.26. The fourth-order valence-corrected chi connectivity index (χ4v) is 2.70. The monoisotopic (exact) mass is 226 g/mol. The Labute approximate surface area is 99.4 Å². The molecule has 2 N–H and O–H groups in total. The third kappa shape index (κ3) is 4.52. The van der Waals surface area contributed by atoms with Gasteiger partial charge in [-0.15, -0.1) is 0 Å². The summed E-state index contributed by atoms with van der Waals surface area (Å²) in [5, 5.41) is 6.38. The molecule has 1 heterocycles. The quantitative estimate of drug-likeness (QED) is 0.773. The third-order valence-corrected chi connectivity index (χ3v) is 2.81. The Balaban J connectivity index is 2.48. The molecule has 0 bridgehead atoms. The van der Waals surface area contributed by atoms with Crippen molar-refractivity contribution in [2.24, 2.45) is 5.41 Å². The van der Waals surface area contributed by atoms with Crippen LogP contribution in [0.3, 0.4) is 0 Å². The first-order valence-electron chi connectivity index (χ1n) is 6.25. The molecule has 3 nitrogen and oxygen atoms in total. The number of carbonyl (C=O) groups is 1. The SMILES string of the molecule is CC(C)(C)CC(C)(C)NC(=O)[C@H]1CCCN1. The minimum absolute atomic E-state index is 0.0271. The molecule has 3 heteroatoms. The maximum Gasteiger partial charge on any atom is 0.237 e. The minimum Gasteiger partial charge on any atom is -0.350 e. The lowest BCUT2D eigenvalue weighted by Crippen LogP contribution is -2.51. The van der Waals surface area contributed by atoms with Gasteiger partial charge in [0.15, 0.2) is 0 Å². The number of rotatable bonds is 3. The molecule has 1 amide bonds. The molecule has 0 saturated carbocycles. The second-order valence-electron chi connectivity index (χ2n) is 6.76. The van der Waals surface area contributed by atoms with E-state index in [1.165, 1.54) is 0 Å². The van der Waals surface area contributed by atoms with Crippen molar-refractivity contribution in [3.63, 3.8) is 0 Å². The Morgan fingerprint density at radius 1 is 1.31 bits per heavy atom. The van der Waals surface area contributed by atoms with Crippen LogP contribution in [0.5, 0.6) is 0 Å². The summed E-state index contributed by atoms with van der Waals surface area (Å²) < 4.78 is 0. The summed E-state index contributed by atoms with van der Waals surface area (Å²) in [6.45, 7) is 11.8. The Morgan fingerprint density at radius 2 is 1.94 bits per heavy atom. The molecular weight excluding hydrogens is 200 g/mol. The van der Waals surface area contributed by atoms with E-state index in [1.54, 1.807) is 0 Å². The molecule has 1 atom stereocenters. The molecule has 0 spiro atoms. The van der Waals surface area contributed by atoms with Crippen LogP contribution in [-0.4, -0.2) is 24.0 Å². The van der Waals surface area contributed by atoms with Crippen LogP contribution in [0.4, 0.5) is 0 Å². The van der Waals surface area contributed by atoms with Gasteiger partial charge in [-0.25, -0.2) is 0 Å². The van der Waals surface area contributed by atoms with Crippen LogP contribution in [0, 0.1) is 5.41 Å². The zero-order chi connectivity index (χ0) is 12.4. The predicted octanol–water partition coefficient (Wildman–Crippen LogP) is 2.07. The molecule has 0 aromatic heterocycles. The minimum atomic E-state index is -0.125. The standard InChI is InChI=1S/C13H26N2O/c1-12(2,3)9-13(4,5)15-11(16)10-7-6-8-14-10/h10,14H,6-9H2,1-5H3,(H,15,16)/t10-/m1/s1. The number of hydrogen-bond donors (Lipinski definition) is 2. The van der Waals surface area contributed by atoms with Gasteiger partial charge in [0.2, 0.25) is 5.91 Å². The van der Waals surface area contributed by atoms with Crippen molar-refractivity contribution in [2.75, 3.05) is 6.54 Å². The van der Waals surface area contributed by atoms with Crippen molar-refractivity contribution in [3.8, 4) is 0 Å². The average molecular weight is 226 g/mol. The van der Waals surface area contributed by atoms with E-state index < -0.39 is 0 Å². The van der Waals surface area contributed by atoms with E-state index in [2.05, 4.69) is 45.3 Å². The van der Waals surface area contributed by atoms with Gasteiger partial charge >= 0.3 is 0 Å². The van der Waals surface area contributed by atoms with Gasteiger partial charge in [-0.3, -0.25) is 4.79 Å². The maximum absolute atomic E-state index is 12.0. The first kappa shape index (κ1) is 13.5. The van der Waals surface area contributed by atoms with E-state index in [9.17, 15) is 4.79 Å². The van der Waals surface area contributed by atoms with Gasteiger partial charge in [-0.2, -0.15) is 0 Å². The highest BCUT2D eigenvalue weighted by Gasteiger charge is 2.30. The van der Waals surface area contributed by atoms with Gasteiger partial charge in [-0.1, -0.05) is 20.8 Å². The smallest absolute Gasteiger partial charge is 0.237 e. The van der Waals surface area contributed by atoms with Crippen molar-refractivity contribution >= 4 is 5.91 Å². The van der Waals surface area contributed by atoms with Gasteiger partial charge in [0.1, 0.15) is 0 Å². The topological polar surface area (TPSA) is 41.1 Å². The Hall–Kier alpha value is -0.570. The molecule has 0 unspecified atom stereocenters. The second kappa shape index (κ2) is 4.74. The van der Waals surface area contributed by atoms with Crippen LogP contribution in [0.25, 0.3) is 0 Å². The highest BCUT2D eigenvalue weighted by atomic mass is 16.2. The fourth-order valence-electron chi connectivity index (χ4n) is 2.70. The molecule has 1 fully saturated rings. The molecular formula is C13H26N2O. The van der Waals surface area contributed by atoms with Gasteiger partial charge in [0, 0.05) is 5.54 Å². The Kier molecular flexibility index (Phi) is 4.00. The van der Waals surface area contributed by atoms with Gasteiger partial charge in [0.25, 0.3) is 0 Å². The molecule has 94 valence electrons. The van der Waals surface area contributed by atoms with Crippen LogP contribution >= 0.6 is 0 Å². The third-order valence-electron chi connectivity index (χ3n) is 2.81. The molecule has 1 rings (SSSR count). The molecule has 1 aliphatic rings. The van der Waals surface area contributed by atoms with Crippen LogP contribution in [0.15, 0.2) is 0 Å². The van der Waals surface area contributed by atoms with Crippen LogP contribution in [0.2, 0.25) is 0 Å². The van der Waals surface area contributed by atoms with Crippen molar-refractivity contribution in [3.05, 3.63) is 0 Å². The lowest BCUT2D eigenvalue weighted by molar-refractivity contribution is -0.124. The molecule has 0 aromatic rings. The first-order chi connectivity index (χ1) is 7.20. The van der Waals surface area contributed by atoms with Gasteiger partial charge < -0.3 is 10.6 Å². The predicted molar refractivity (Wildman–Crippen MR) is 67.3 cm³/mol. The van der Waals surface area contributed by atoms with Crippen molar-refractivity contribution in [2.45, 2.75) is 65.5 Å². The number of carbonyl (C=O) groups excluding carboxylic acids is 1. The molecule has 0 radical (unpaired) electrons. The van der Waals surface area contributed by atoms with Gasteiger partial charge in [0.05, 0.1) is 6.04 Å². The number of hydrogen-bond acceptors (Lipinski definition) is 2. The average Bonchev–Trinajstić information content (AvgIpc) is 2.48. The normalized spacial score (nSPS) is 22.2. The second-order valence-corrected chi connectivity index (χ2v) is 6.76. The summed E-state index contributed by atoms with van der Waals surface area (Å²) in [6, 6.07) is 0.0271. The molecule has 0 aliphatic carbocycles. The van der Waals surface area contributed by atoms with E-state index in [0.717, 1.165) is 25.8 Å². The maximum atomic E-state index is 12.0. The van der Waals surface area contributed by atoms with Crippen molar-refractivity contribution < 1.29 is 4.79 Å². The lowest BCUT2D eigenvalue weighted by atomic mass is 9.81. The van der Waals surface area contributed by atoms with Crippen molar-refractivity contribution in [1.29, 1.82) is 0 Å². The summed E-state index contributed by atoms with van der Waals surface area (Å²) in [6.07, 6.45) is 3.06. The van der Waals surface area contributed by atoms with Gasteiger partial charge in [-0.05, 0) is 45.1 Å². The largest absolute Gasteiger partial charge is 0.350 e. The number of nitrogens with one attached hydrogen (secondary N) is 2. The summed E-state index contributed by atoms with van der Waals surface area (Å²) in [5.74, 6) is 0.159. The zero-order valence-corrected chi connectivity index (χ0v) is 11.3. The Morgan fingerprint density at radius 3 is 2.38 bits per heavy atom. The van der Waals surface area contributed by atoms with E-state index in [-0.39, 0.29) is 22.9 Å². The van der Waals surface area contributed by atoms with E-state index >= 15 is 0 Å². The summed E-state index contributed by atoms with van der Waals surface area (Å²) in [7, 11) is 0. The molecule has 16 heavy (non-hydrogen) atoms. The van der Waals surface area contributed by atoms with Crippen LogP contribution < -0.4 is 10.6 Å². The Bertz CT molecular complexity index is 247. The van der Waals surface area contributed by atoms with E-state index in [1.807, 2.05) is 0 Å². The fraction of sp³-hybridized carbons (Fsp3) is 0.923. The van der Waals surface area contributed by atoms with E-state index in [4.69, 9.17) is 0 Å². The van der Waals surface area contributed by atoms with Crippen LogP contribution in [0.1, 0.15) is 53.9 Å².